The quantitative estimate of drug-likeness (QED) is 0.789. The molecule has 1 aliphatic rings. The summed E-state index contributed by atoms with van der Waals surface area (Å²) in [6.07, 6.45) is 4.14. The molecule has 1 aromatic heterocycles. The zero-order valence-electron chi connectivity index (χ0n) is 13.5. The molecule has 1 aromatic rings. The normalized spacial score (nSPS) is 21.6. The summed E-state index contributed by atoms with van der Waals surface area (Å²) >= 11 is 0. The molecule has 2 rings (SSSR count). The summed E-state index contributed by atoms with van der Waals surface area (Å²) in [5.41, 5.74) is 0. The first kappa shape index (κ1) is 16.4. The minimum atomic E-state index is -0.0537. The van der Waals surface area contributed by atoms with E-state index in [9.17, 15) is 0 Å². The van der Waals surface area contributed by atoms with Gasteiger partial charge < -0.3 is 14.6 Å². The van der Waals surface area contributed by atoms with Gasteiger partial charge in [0, 0.05) is 25.6 Å². The van der Waals surface area contributed by atoms with Gasteiger partial charge in [0.2, 0.25) is 11.7 Å². The number of hydrogen-bond donors (Lipinski definition) is 1. The zero-order chi connectivity index (χ0) is 15.1. The third-order valence-corrected chi connectivity index (χ3v) is 3.93. The number of aromatic nitrogens is 2. The number of nitrogens with one attached hydrogen (secondary N) is 1. The van der Waals surface area contributed by atoms with Crippen molar-refractivity contribution in [1.29, 1.82) is 0 Å². The van der Waals surface area contributed by atoms with E-state index in [-0.39, 0.29) is 6.10 Å². The minimum Gasteiger partial charge on any atom is -0.367 e. The van der Waals surface area contributed by atoms with Crippen LogP contribution in [0, 0.1) is 0 Å². The number of rotatable bonds is 8. The average molecular weight is 296 g/mol. The number of likely N-dealkylation sites (N-methyl/N-ethyl adjacent to an activating group) is 1. The fourth-order valence-corrected chi connectivity index (χ4v) is 2.77. The number of ether oxygens (including phenoxy) is 1. The maximum absolute atomic E-state index is 5.79. The van der Waals surface area contributed by atoms with E-state index in [1.54, 1.807) is 0 Å². The molecule has 2 unspecified atom stereocenters. The Kier molecular flexibility index (Phi) is 6.60. The van der Waals surface area contributed by atoms with Crippen molar-refractivity contribution in [2.75, 3.05) is 33.3 Å². The maximum Gasteiger partial charge on any atom is 0.228 e. The maximum atomic E-state index is 5.79. The lowest BCUT2D eigenvalue weighted by Gasteiger charge is -2.30. The minimum absolute atomic E-state index is 0.0537. The van der Waals surface area contributed by atoms with Gasteiger partial charge >= 0.3 is 0 Å². The summed E-state index contributed by atoms with van der Waals surface area (Å²) in [4.78, 5) is 6.93. The molecular weight excluding hydrogens is 268 g/mol. The van der Waals surface area contributed by atoms with Gasteiger partial charge in [0.25, 0.3) is 0 Å². The largest absolute Gasteiger partial charge is 0.367 e. The number of morpholine rings is 1. The molecule has 0 saturated carbocycles. The molecule has 0 aromatic carbocycles. The second-order valence-corrected chi connectivity index (χ2v) is 5.68. The van der Waals surface area contributed by atoms with Crippen LogP contribution in [0.25, 0.3) is 0 Å². The summed E-state index contributed by atoms with van der Waals surface area (Å²) in [5, 5.41) is 7.41. The first-order valence-corrected chi connectivity index (χ1v) is 8.10. The van der Waals surface area contributed by atoms with Gasteiger partial charge in [-0.05, 0) is 26.4 Å². The Morgan fingerprint density at radius 2 is 2.24 bits per heavy atom. The standard InChI is InChI=1S/C15H28N4O2/c1-4-6-12(16-3)10-14-17-15(18-21-14)13-11-19(7-5-2)8-9-20-13/h12-13,16H,4-11H2,1-3H3. The van der Waals surface area contributed by atoms with Crippen molar-refractivity contribution in [3.05, 3.63) is 11.7 Å². The second kappa shape index (κ2) is 8.46. The van der Waals surface area contributed by atoms with Gasteiger partial charge in [-0.15, -0.1) is 0 Å². The van der Waals surface area contributed by atoms with Crippen molar-refractivity contribution in [3.8, 4) is 0 Å². The molecule has 1 saturated heterocycles. The van der Waals surface area contributed by atoms with E-state index < -0.39 is 0 Å². The predicted molar refractivity (Wildman–Crippen MR) is 81.2 cm³/mol. The molecule has 0 spiro atoms. The highest BCUT2D eigenvalue weighted by Gasteiger charge is 2.26. The van der Waals surface area contributed by atoms with Gasteiger partial charge in [-0.1, -0.05) is 25.4 Å². The average Bonchev–Trinajstić information content (AvgIpc) is 2.96. The Hall–Kier alpha value is -0.980. The van der Waals surface area contributed by atoms with Crippen molar-refractivity contribution < 1.29 is 9.26 Å². The van der Waals surface area contributed by atoms with Crippen molar-refractivity contribution in [2.45, 2.75) is 51.7 Å². The predicted octanol–water partition coefficient (Wildman–Crippen LogP) is 1.78. The van der Waals surface area contributed by atoms with Gasteiger partial charge in [0.05, 0.1) is 6.61 Å². The van der Waals surface area contributed by atoms with Gasteiger partial charge in [-0.25, -0.2) is 0 Å². The number of nitrogens with zero attached hydrogens (tertiary/aromatic N) is 3. The van der Waals surface area contributed by atoms with E-state index in [0.717, 1.165) is 51.9 Å². The molecule has 6 nitrogen and oxygen atoms in total. The van der Waals surface area contributed by atoms with Gasteiger partial charge in [-0.3, -0.25) is 4.90 Å². The van der Waals surface area contributed by atoms with E-state index in [2.05, 4.69) is 34.2 Å². The van der Waals surface area contributed by atoms with Crippen molar-refractivity contribution in [3.63, 3.8) is 0 Å². The fraction of sp³-hybridized carbons (Fsp3) is 0.867. The van der Waals surface area contributed by atoms with Crippen LogP contribution >= 0.6 is 0 Å². The van der Waals surface area contributed by atoms with Crippen LogP contribution in [0.5, 0.6) is 0 Å². The highest BCUT2D eigenvalue weighted by Crippen LogP contribution is 2.20. The summed E-state index contributed by atoms with van der Waals surface area (Å²) in [6, 6.07) is 0.396. The van der Waals surface area contributed by atoms with Gasteiger partial charge in [-0.2, -0.15) is 4.98 Å². The Balaban J connectivity index is 1.92. The van der Waals surface area contributed by atoms with Crippen molar-refractivity contribution in [2.24, 2.45) is 0 Å². The zero-order valence-corrected chi connectivity index (χ0v) is 13.5. The van der Waals surface area contributed by atoms with Crippen molar-refractivity contribution >= 4 is 0 Å². The molecule has 0 aliphatic carbocycles. The Labute approximate surface area is 127 Å². The molecule has 2 heterocycles. The Morgan fingerprint density at radius 1 is 1.38 bits per heavy atom. The lowest BCUT2D eigenvalue weighted by atomic mass is 10.1. The van der Waals surface area contributed by atoms with E-state index in [1.807, 2.05) is 7.05 Å². The second-order valence-electron chi connectivity index (χ2n) is 5.68. The van der Waals surface area contributed by atoms with E-state index in [1.165, 1.54) is 0 Å². The summed E-state index contributed by atoms with van der Waals surface area (Å²) in [7, 11) is 1.98. The molecule has 120 valence electrons. The topological polar surface area (TPSA) is 63.4 Å². The summed E-state index contributed by atoms with van der Waals surface area (Å²) in [6.45, 7) is 8.07. The smallest absolute Gasteiger partial charge is 0.228 e. The molecule has 0 bridgehead atoms. The van der Waals surface area contributed by atoms with E-state index in [4.69, 9.17) is 9.26 Å². The molecule has 2 atom stereocenters. The fourth-order valence-electron chi connectivity index (χ4n) is 2.77. The lowest BCUT2D eigenvalue weighted by molar-refractivity contribution is -0.0350. The van der Waals surface area contributed by atoms with Crippen LogP contribution in [0.3, 0.4) is 0 Å². The Morgan fingerprint density at radius 3 is 2.95 bits per heavy atom. The molecule has 0 radical (unpaired) electrons. The molecule has 1 N–H and O–H groups in total. The lowest BCUT2D eigenvalue weighted by Crippen LogP contribution is -2.39. The monoisotopic (exact) mass is 296 g/mol. The molecule has 1 aliphatic heterocycles. The molecule has 6 heteroatoms. The summed E-state index contributed by atoms with van der Waals surface area (Å²) in [5.74, 6) is 1.39. The Bertz CT molecular complexity index is 408. The third-order valence-electron chi connectivity index (χ3n) is 3.93. The van der Waals surface area contributed by atoms with Gasteiger partial charge in [0.15, 0.2) is 0 Å². The number of hydrogen-bond acceptors (Lipinski definition) is 6. The molecular formula is C15H28N4O2. The highest BCUT2D eigenvalue weighted by atomic mass is 16.5. The molecule has 0 amide bonds. The van der Waals surface area contributed by atoms with Gasteiger partial charge in [0.1, 0.15) is 6.10 Å². The molecule has 1 fully saturated rings. The molecule has 21 heavy (non-hydrogen) atoms. The van der Waals surface area contributed by atoms with Crippen LogP contribution in [0.4, 0.5) is 0 Å². The van der Waals surface area contributed by atoms with Crippen LogP contribution in [-0.2, 0) is 11.2 Å². The third kappa shape index (κ3) is 4.76. The van der Waals surface area contributed by atoms with Crippen LogP contribution < -0.4 is 5.32 Å². The summed E-state index contributed by atoms with van der Waals surface area (Å²) < 4.78 is 11.2. The van der Waals surface area contributed by atoms with Crippen LogP contribution in [0.1, 0.15) is 50.9 Å². The van der Waals surface area contributed by atoms with Crippen molar-refractivity contribution in [1.82, 2.24) is 20.4 Å². The highest BCUT2D eigenvalue weighted by molar-refractivity contribution is 4.95. The van der Waals surface area contributed by atoms with E-state index in [0.29, 0.717) is 17.8 Å². The first-order valence-electron chi connectivity index (χ1n) is 8.10. The van der Waals surface area contributed by atoms with Crippen LogP contribution in [0.15, 0.2) is 4.52 Å². The van der Waals surface area contributed by atoms with Crippen LogP contribution in [-0.4, -0.2) is 54.4 Å². The first-order chi connectivity index (χ1) is 10.3. The van der Waals surface area contributed by atoms with Crippen LogP contribution in [0.2, 0.25) is 0 Å². The van der Waals surface area contributed by atoms with E-state index >= 15 is 0 Å². The SMILES string of the molecule is CCCC(Cc1nc(C2CN(CCC)CCO2)no1)NC.